The predicted octanol–water partition coefficient (Wildman–Crippen LogP) is 4.73. The van der Waals surface area contributed by atoms with Crippen LogP contribution in [-0.2, 0) is 4.79 Å². The van der Waals surface area contributed by atoms with Gasteiger partial charge in [0, 0.05) is 49.6 Å². The molecular formula is C40H52N4O4. The van der Waals surface area contributed by atoms with E-state index >= 15 is 0 Å². The van der Waals surface area contributed by atoms with Crippen molar-refractivity contribution in [3.05, 3.63) is 42.1 Å². The van der Waals surface area contributed by atoms with Crippen LogP contribution in [0.1, 0.15) is 88.5 Å². The summed E-state index contributed by atoms with van der Waals surface area (Å²) >= 11 is 0. The fourth-order valence-corrected chi connectivity index (χ4v) is 12.0. The van der Waals surface area contributed by atoms with Crippen LogP contribution in [0.2, 0.25) is 0 Å². The van der Waals surface area contributed by atoms with Gasteiger partial charge in [-0.3, -0.25) is 14.5 Å². The molecule has 3 heterocycles. The van der Waals surface area contributed by atoms with Gasteiger partial charge in [-0.15, -0.1) is 6.42 Å². The number of nitrogens with zero attached hydrogens (tertiary/aromatic N) is 4. The van der Waals surface area contributed by atoms with Crippen molar-refractivity contribution < 1.29 is 19.8 Å². The van der Waals surface area contributed by atoms with Crippen molar-refractivity contribution in [2.24, 2.45) is 34.5 Å². The number of carbonyl (C=O) groups excluding carboxylic acids is 2. The van der Waals surface area contributed by atoms with Gasteiger partial charge >= 0.3 is 0 Å². The molecule has 4 saturated carbocycles. The van der Waals surface area contributed by atoms with Crippen LogP contribution < -0.4 is 0 Å². The maximum absolute atomic E-state index is 13.9. The van der Waals surface area contributed by atoms with E-state index in [1.165, 1.54) is 6.42 Å². The second kappa shape index (κ2) is 11.8. The number of piperazine rings is 1. The van der Waals surface area contributed by atoms with Crippen LogP contribution in [0.15, 0.2) is 36.4 Å². The summed E-state index contributed by atoms with van der Waals surface area (Å²) in [6.45, 7) is 8.05. The molecule has 8 nitrogen and oxygen atoms in total. The molecule has 2 saturated heterocycles. The number of aromatic nitrogens is 1. The second-order valence-corrected chi connectivity index (χ2v) is 16.6. The van der Waals surface area contributed by atoms with Crippen LogP contribution >= 0.6 is 0 Å². The van der Waals surface area contributed by atoms with E-state index < -0.39 is 11.6 Å². The van der Waals surface area contributed by atoms with E-state index in [4.69, 9.17) is 6.42 Å². The average Bonchev–Trinajstić information content (AvgIpc) is 3.70. The average molecular weight is 653 g/mol. The Kier molecular flexibility index (Phi) is 7.93. The minimum Gasteiger partial charge on any atom is -0.391 e. The summed E-state index contributed by atoms with van der Waals surface area (Å²) in [5.74, 6) is 4.85. The summed E-state index contributed by atoms with van der Waals surface area (Å²) in [4.78, 5) is 38.2. The first-order chi connectivity index (χ1) is 23.1. The van der Waals surface area contributed by atoms with Gasteiger partial charge < -0.3 is 20.0 Å². The van der Waals surface area contributed by atoms with Crippen LogP contribution in [0.25, 0.3) is 10.9 Å². The molecule has 256 valence electrons. The third kappa shape index (κ3) is 4.86. The first-order valence-corrected chi connectivity index (χ1v) is 18.6. The molecule has 8 rings (SSSR count). The molecule has 6 fully saturated rings. The van der Waals surface area contributed by atoms with Crippen LogP contribution in [0.5, 0.6) is 0 Å². The Morgan fingerprint density at radius 2 is 1.71 bits per heavy atom. The maximum Gasteiger partial charge on any atom is 0.273 e. The molecule has 4 aliphatic carbocycles. The lowest BCUT2D eigenvalue weighted by molar-refractivity contribution is -0.163. The van der Waals surface area contributed by atoms with Gasteiger partial charge in [0.2, 0.25) is 5.91 Å². The third-order valence-corrected chi connectivity index (χ3v) is 14.8. The summed E-state index contributed by atoms with van der Waals surface area (Å²) in [5, 5.41) is 24.0. The Balaban J connectivity index is 0.925. The molecule has 1 aromatic carbocycles. The van der Waals surface area contributed by atoms with Gasteiger partial charge in [-0.05, 0) is 105 Å². The zero-order chi connectivity index (χ0) is 33.4. The summed E-state index contributed by atoms with van der Waals surface area (Å²) < 4.78 is 0. The normalized spacial score (nSPS) is 41.4. The number of aliphatic hydroxyl groups is 2. The molecule has 8 heteroatoms. The lowest BCUT2D eigenvalue weighted by atomic mass is 9.44. The SMILES string of the molecule is C#C[C@]1(O)CCC2C3CCC4C[C@H](O)[C@@H](N5CCN(C(=O)[C@@H]6CCCN6C(=O)c6ccc7ccccc7n6)CC5)C[C@]4(C)C3CC[C@@]21C. The molecule has 0 bridgehead atoms. The van der Waals surface area contributed by atoms with E-state index in [2.05, 4.69) is 29.7 Å². The van der Waals surface area contributed by atoms with Gasteiger partial charge in [0.05, 0.1) is 11.6 Å². The van der Waals surface area contributed by atoms with E-state index in [0.29, 0.717) is 61.8 Å². The zero-order valence-corrected chi connectivity index (χ0v) is 28.7. The van der Waals surface area contributed by atoms with Crippen molar-refractivity contribution in [3.63, 3.8) is 0 Å². The highest BCUT2D eigenvalue weighted by Gasteiger charge is 2.65. The molecule has 2 aromatic rings. The lowest BCUT2D eigenvalue weighted by Gasteiger charge is -2.63. The van der Waals surface area contributed by atoms with Crippen molar-refractivity contribution in [2.45, 2.75) is 102 Å². The van der Waals surface area contributed by atoms with Crippen LogP contribution in [0.4, 0.5) is 0 Å². The highest BCUT2D eigenvalue weighted by Crippen LogP contribution is 2.68. The molecule has 10 atom stereocenters. The minimum absolute atomic E-state index is 0.0429. The third-order valence-electron chi connectivity index (χ3n) is 14.8. The topological polar surface area (TPSA) is 97.2 Å². The highest BCUT2D eigenvalue weighted by molar-refractivity contribution is 5.98. The minimum atomic E-state index is -0.987. The molecule has 2 aliphatic heterocycles. The van der Waals surface area contributed by atoms with E-state index in [1.54, 1.807) is 11.0 Å². The molecule has 6 aliphatic rings. The molecule has 2 amide bonds. The number of para-hydroxylation sites is 1. The summed E-state index contributed by atoms with van der Waals surface area (Å²) in [7, 11) is 0. The van der Waals surface area contributed by atoms with E-state index in [0.717, 1.165) is 68.9 Å². The number of fused-ring (bicyclic) bond motifs is 6. The number of carbonyl (C=O) groups is 2. The number of hydrogen-bond acceptors (Lipinski definition) is 6. The first-order valence-electron chi connectivity index (χ1n) is 18.6. The number of benzene rings is 1. The van der Waals surface area contributed by atoms with E-state index in [9.17, 15) is 19.8 Å². The number of hydrogen-bond donors (Lipinski definition) is 2. The Morgan fingerprint density at radius 1 is 0.938 bits per heavy atom. The van der Waals surface area contributed by atoms with E-state index in [-0.39, 0.29) is 34.8 Å². The van der Waals surface area contributed by atoms with Gasteiger partial charge in [-0.1, -0.05) is 44.0 Å². The molecule has 4 unspecified atom stereocenters. The summed E-state index contributed by atoms with van der Waals surface area (Å²) in [5.41, 5.74) is 0.141. The molecular weight excluding hydrogens is 600 g/mol. The molecule has 2 N–H and O–H groups in total. The van der Waals surface area contributed by atoms with Crippen LogP contribution in [0, 0.1) is 46.8 Å². The van der Waals surface area contributed by atoms with Gasteiger partial charge in [0.25, 0.3) is 5.91 Å². The highest BCUT2D eigenvalue weighted by atomic mass is 16.3. The van der Waals surface area contributed by atoms with Gasteiger partial charge in [-0.25, -0.2) is 4.98 Å². The Hall–Kier alpha value is -2.99. The molecule has 1 aromatic heterocycles. The summed E-state index contributed by atoms with van der Waals surface area (Å²) in [6, 6.07) is 11.1. The van der Waals surface area contributed by atoms with Gasteiger partial charge in [-0.2, -0.15) is 0 Å². The Bertz CT molecular complexity index is 1630. The quantitative estimate of drug-likeness (QED) is 0.466. The fraction of sp³-hybridized carbons (Fsp3) is 0.675. The van der Waals surface area contributed by atoms with Crippen LogP contribution in [0.3, 0.4) is 0 Å². The second-order valence-electron chi connectivity index (χ2n) is 16.6. The Morgan fingerprint density at radius 3 is 2.50 bits per heavy atom. The van der Waals surface area contributed by atoms with Gasteiger partial charge in [0.1, 0.15) is 17.3 Å². The number of rotatable bonds is 3. The van der Waals surface area contributed by atoms with Gasteiger partial charge in [0.15, 0.2) is 0 Å². The fourth-order valence-electron chi connectivity index (χ4n) is 12.0. The predicted molar refractivity (Wildman–Crippen MR) is 185 cm³/mol. The van der Waals surface area contributed by atoms with Crippen molar-refractivity contribution in [2.75, 3.05) is 32.7 Å². The van der Waals surface area contributed by atoms with Crippen molar-refractivity contribution >= 4 is 22.7 Å². The first kappa shape index (κ1) is 32.2. The monoisotopic (exact) mass is 652 g/mol. The van der Waals surface area contributed by atoms with Crippen molar-refractivity contribution in [1.82, 2.24) is 19.7 Å². The van der Waals surface area contributed by atoms with Crippen LogP contribution in [-0.4, -0.2) is 98.2 Å². The molecule has 0 radical (unpaired) electrons. The smallest absolute Gasteiger partial charge is 0.273 e. The number of aliphatic hydroxyl groups excluding tert-OH is 1. The molecule has 48 heavy (non-hydrogen) atoms. The number of terminal acetylenes is 1. The zero-order valence-electron chi connectivity index (χ0n) is 28.7. The van der Waals surface area contributed by atoms with Crippen molar-refractivity contribution in [3.8, 4) is 12.3 Å². The number of likely N-dealkylation sites (tertiary alicyclic amines) is 1. The lowest BCUT2D eigenvalue weighted by Crippen LogP contribution is -2.63. The largest absolute Gasteiger partial charge is 0.391 e. The maximum atomic E-state index is 13.9. The summed E-state index contributed by atoms with van der Waals surface area (Å²) in [6.07, 6.45) is 15.0. The molecule has 0 spiro atoms. The number of pyridine rings is 1. The van der Waals surface area contributed by atoms with Crippen molar-refractivity contribution in [1.29, 1.82) is 0 Å². The number of amides is 2. The standard InChI is InChI=1S/C40H52N4O4/c1-4-40(48)18-16-30-28-13-12-27-24-35(45)34(25-38(27,2)29(28)15-17-39(30,40)3)42-20-22-43(23-21-42)37(47)33-10-7-19-44(33)36(46)32-14-11-26-8-5-6-9-31(26)41-32/h1,5-6,8-9,11,14,27-30,33-35,45,48H,7,10,12-13,15-25H2,2-3H3/t27?,28?,29?,30?,33-,34-,35-,38-,39-,40-/m0/s1. The van der Waals surface area contributed by atoms with E-state index in [1.807, 2.05) is 35.2 Å². The Labute approximate surface area is 285 Å².